The Bertz CT molecular complexity index is 1010. The molecular weight excluding hydrogens is 436 g/mol. The average Bonchev–Trinajstić information content (AvgIpc) is 3.31. The highest BCUT2D eigenvalue weighted by Crippen LogP contribution is 2.43. The molecule has 1 N–H and O–H groups in total. The second kappa shape index (κ2) is 12.0. The lowest BCUT2D eigenvalue weighted by Gasteiger charge is -2.36. The summed E-state index contributed by atoms with van der Waals surface area (Å²) < 4.78 is 27.2. The number of hydrogen-bond acceptors (Lipinski definition) is 3. The minimum absolute atomic E-state index is 0.0335. The van der Waals surface area contributed by atoms with Gasteiger partial charge in [0.25, 0.3) is 11.8 Å². The summed E-state index contributed by atoms with van der Waals surface area (Å²) in [6.07, 6.45) is 2.28. The van der Waals surface area contributed by atoms with Crippen molar-refractivity contribution in [3.05, 3.63) is 70.1 Å². The molecule has 0 saturated carbocycles. The molecule has 7 heteroatoms. The summed E-state index contributed by atoms with van der Waals surface area (Å²) in [7, 11) is 1.77. The Labute approximate surface area is 202 Å². The maximum Gasteiger partial charge on any atom is 0.270 e. The van der Waals surface area contributed by atoms with Crippen LogP contribution in [0.4, 0.5) is 8.78 Å². The maximum absolute atomic E-state index is 14.0. The van der Waals surface area contributed by atoms with Crippen LogP contribution in [0.3, 0.4) is 0 Å². The summed E-state index contributed by atoms with van der Waals surface area (Å²) in [5, 5.41) is 2.76. The monoisotopic (exact) mass is 473 g/mol. The van der Waals surface area contributed by atoms with Gasteiger partial charge in [0, 0.05) is 44.0 Å². The van der Waals surface area contributed by atoms with Gasteiger partial charge in [0.15, 0.2) is 0 Å². The quantitative estimate of drug-likeness (QED) is 0.584. The lowest BCUT2D eigenvalue weighted by molar-refractivity contribution is -0.127. The molecule has 0 aliphatic carbocycles. The fourth-order valence-electron chi connectivity index (χ4n) is 4.27. The molecule has 2 heterocycles. The predicted octanol–water partition coefficient (Wildman–Crippen LogP) is 5.31. The summed E-state index contributed by atoms with van der Waals surface area (Å²) in [5.41, 5.74) is 3.40. The number of carbonyl (C=O) groups is 2. The Morgan fingerprint density at radius 1 is 1.24 bits per heavy atom. The van der Waals surface area contributed by atoms with Gasteiger partial charge in [0.2, 0.25) is 0 Å². The SMILES string of the molecule is C=C1C(C(=O)NCc2ccc(F)cc2F)=C2CCCN2C(C(=O)N(C)CC)=C1C(C)CC.CC. The molecule has 0 spiro atoms. The molecule has 186 valence electrons. The highest BCUT2D eigenvalue weighted by atomic mass is 19.1. The van der Waals surface area contributed by atoms with Gasteiger partial charge in [-0.1, -0.05) is 40.3 Å². The largest absolute Gasteiger partial charge is 0.348 e. The lowest BCUT2D eigenvalue weighted by Crippen LogP contribution is -2.40. The summed E-state index contributed by atoms with van der Waals surface area (Å²) >= 11 is 0. The van der Waals surface area contributed by atoms with Gasteiger partial charge >= 0.3 is 0 Å². The normalized spacial score (nSPS) is 16.1. The van der Waals surface area contributed by atoms with E-state index in [1.807, 2.05) is 39.5 Å². The molecule has 0 radical (unpaired) electrons. The molecule has 1 aromatic rings. The van der Waals surface area contributed by atoms with Gasteiger partial charge in [-0.25, -0.2) is 8.78 Å². The van der Waals surface area contributed by atoms with Crippen LogP contribution >= 0.6 is 0 Å². The third kappa shape index (κ3) is 5.40. The van der Waals surface area contributed by atoms with E-state index in [2.05, 4.69) is 11.9 Å². The average molecular weight is 474 g/mol. The fourth-order valence-corrected chi connectivity index (χ4v) is 4.27. The van der Waals surface area contributed by atoms with Crippen molar-refractivity contribution >= 4 is 11.8 Å². The third-order valence-corrected chi connectivity index (χ3v) is 6.37. The molecule has 1 aromatic carbocycles. The zero-order chi connectivity index (χ0) is 25.6. The van der Waals surface area contributed by atoms with E-state index in [0.717, 1.165) is 36.2 Å². The smallest absolute Gasteiger partial charge is 0.270 e. The molecule has 34 heavy (non-hydrogen) atoms. The molecule has 1 fully saturated rings. The third-order valence-electron chi connectivity index (χ3n) is 6.37. The van der Waals surface area contributed by atoms with Crippen LogP contribution in [0, 0.1) is 17.6 Å². The number of likely N-dealkylation sites (N-methyl/N-ethyl adjacent to an activating group) is 1. The molecule has 2 aliphatic rings. The van der Waals surface area contributed by atoms with Gasteiger partial charge in [-0.05, 0) is 49.3 Å². The van der Waals surface area contributed by atoms with Crippen molar-refractivity contribution < 1.29 is 18.4 Å². The molecular formula is C27H37F2N3O2. The lowest BCUT2D eigenvalue weighted by atomic mass is 9.82. The summed E-state index contributed by atoms with van der Waals surface area (Å²) in [6, 6.07) is 3.28. The van der Waals surface area contributed by atoms with Crippen molar-refractivity contribution in [2.45, 2.75) is 60.4 Å². The zero-order valence-corrected chi connectivity index (χ0v) is 21.2. The Kier molecular flexibility index (Phi) is 9.59. The Hall–Kier alpha value is -2.96. The van der Waals surface area contributed by atoms with E-state index in [1.165, 1.54) is 6.07 Å². The van der Waals surface area contributed by atoms with Gasteiger partial charge in [0.05, 0.1) is 5.57 Å². The molecule has 1 unspecified atom stereocenters. The minimum Gasteiger partial charge on any atom is -0.348 e. The van der Waals surface area contributed by atoms with E-state index in [4.69, 9.17) is 0 Å². The van der Waals surface area contributed by atoms with Crippen molar-refractivity contribution in [3.8, 4) is 0 Å². The standard InChI is InChI=1S/C25H31F2N3O2.C2H6/c1-6-15(3)21-16(4)22(24(31)28-14-17-10-11-18(26)13-19(17)27)20-9-8-12-30(20)23(21)25(32)29(5)7-2;1-2/h10-11,13,15H,4,6-9,12,14H2,1-3,5H3,(H,28,31);1-2H3. The molecule has 3 rings (SSSR count). The highest BCUT2D eigenvalue weighted by Gasteiger charge is 2.40. The van der Waals surface area contributed by atoms with Crippen LogP contribution in [-0.2, 0) is 16.1 Å². The van der Waals surface area contributed by atoms with Gasteiger partial charge in [0.1, 0.15) is 17.3 Å². The van der Waals surface area contributed by atoms with Crippen molar-refractivity contribution in [3.63, 3.8) is 0 Å². The minimum atomic E-state index is -0.705. The number of allylic oxidation sites excluding steroid dienone is 2. The molecule has 0 bridgehead atoms. The summed E-state index contributed by atoms with van der Waals surface area (Å²) in [6.45, 7) is 15.4. The van der Waals surface area contributed by atoms with Crippen LogP contribution in [0.15, 0.2) is 52.9 Å². The number of hydrogen-bond donors (Lipinski definition) is 1. The first-order chi connectivity index (χ1) is 16.2. The van der Waals surface area contributed by atoms with E-state index < -0.39 is 11.6 Å². The van der Waals surface area contributed by atoms with Crippen molar-refractivity contribution in [2.75, 3.05) is 20.1 Å². The first-order valence-corrected chi connectivity index (χ1v) is 12.1. The number of halogens is 2. The van der Waals surface area contributed by atoms with E-state index in [-0.39, 0.29) is 29.8 Å². The Morgan fingerprint density at radius 2 is 1.91 bits per heavy atom. The Balaban J connectivity index is 0.00000199. The molecule has 1 saturated heterocycles. The topological polar surface area (TPSA) is 52.7 Å². The second-order valence-corrected chi connectivity index (χ2v) is 8.36. The maximum atomic E-state index is 14.0. The van der Waals surface area contributed by atoms with Gasteiger partial charge in [-0.2, -0.15) is 0 Å². The first-order valence-electron chi connectivity index (χ1n) is 12.1. The van der Waals surface area contributed by atoms with Crippen LogP contribution < -0.4 is 5.32 Å². The second-order valence-electron chi connectivity index (χ2n) is 8.36. The van der Waals surface area contributed by atoms with Crippen molar-refractivity contribution in [1.82, 2.24) is 15.1 Å². The highest BCUT2D eigenvalue weighted by molar-refractivity contribution is 6.04. The fraction of sp³-hybridized carbons (Fsp3) is 0.481. The molecule has 2 amide bonds. The van der Waals surface area contributed by atoms with E-state index in [1.54, 1.807) is 11.9 Å². The molecule has 1 atom stereocenters. The first kappa shape index (κ1) is 27.3. The van der Waals surface area contributed by atoms with Gasteiger partial charge < -0.3 is 15.1 Å². The molecule has 0 aromatic heterocycles. The van der Waals surface area contributed by atoms with Crippen LogP contribution in [0.5, 0.6) is 0 Å². The van der Waals surface area contributed by atoms with Crippen LogP contribution in [-0.4, -0.2) is 41.8 Å². The summed E-state index contributed by atoms with van der Waals surface area (Å²) in [5.74, 6) is -1.77. The number of nitrogens with zero attached hydrogens (tertiary/aromatic N) is 2. The number of fused-ring (bicyclic) bond motifs is 1. The van der Waals surface area contributed by atoms with Crippen LogP contribution in [0.2, 0.25) is 0 Å². The van der Waals surface area contributed by atoms with Crippen molar-refractivity contribution in [1.29, 1.82) is 0 Å². The Morgan fingerprint density at radius 3 is 2.50 bits per heavy atom. The van der Waals surface area contributed by atoms with Gasteiger partial charge in [-0.3, -0.25) is 9.59 Å². The van der Waals surface area contributed by atoms with Crippen LogP contribution in [0.1, 0.15) is 59.4 Å². The number of carbonyl (C=O) groups excluding carboxylic acids is 2. The summed E-state index contributed by atoms with van der Waals surface area (Å²) in [4.78, 5) is 30.2. The number of nitrogens with one attached hydrogen (secondary N) is 1. The van der Waals surface area contributed by atoms with E-state index in [0.29, 0.717) is 36.4 Å². The number of amides is 2. The van der Waals surface area contributed by atoms with E-state index in [9.17, 15) is 18.4 Å². The number of benzene rings is 1. The molecule has 2 aliphatic heterocycles. The predicted molar refractivity (Wildman–Crippen MR) is 131 cm³/mol. The molecule has 5 nitrogen and oxygen atoms in total. The van der Waals surface area contributed by atoms with E-state index >= 15 is 0 Å². The van der Waals surface area contributed by atoms with Crippen molar-refractivity contribution in [2.24, 2.45) is 5.92 Å². The van der Waals surface area contributed by atoms with Crippen LogP contribution in [0.25, 0.3) is 0 Å². The number of rotatable bonds is 7. The zero-order valence-electron chi connectivity index (χ0n) is 21.2. The van der Waals surface area contributed by atoms with Gasteiger partial charge in [-0.15, -0.1) is 0 Å².